The third-order valence-electron chi connectivity index (χ3n) is 3.68. The van der Waals surface area contributed by atoms with Crippen molar-refractivity contribution >= 4 is 54.9 Å². The van der Waals surface area contributed by atoms with Crippen LogP contribution in [-0.4, -0.2) is 28.3 Å². The second-order valence-electron chi connectivity index (χ2n) is 5.57. The van der Waals surface area contributed by atoms with Gasteiger partial charge in [0.1, 0.15) is 15.9 Å². The number of hydrogen-bond donors (Lipinski definition) is 1. The SMILES string of the molecule is CCOC(=O)c1nn(-c2ccc(Br)cc2)c(=O)c2c(NC(C)=O)sc(C#N)c12. The molecule has 1 aromatic carbocycles. The number of esters is 1. The topological polar surface area (TPSA) is 114 Å². The Balaban J connectivity index is 2.43. The predicted molar refractivity (Wildman–Crippen MR) is 108 cm³/mol. The van der Waals surface area contributed by atoms with Gasteiger partial charge in [0.2, 0.25) is 5.91 Å². The van der Waals surface area contributed by atoms with Crippen LogP contribution < -0.4 is 10.9 Å². The van der Waals surface area contributed by atoms with Crippen LogP contribution in [0.25, 0.3) is 16.5 Å². The first-order valence-electron chi connectivity index (χ1n) is 8.08. The molecule has 0 saturated carbocycles. The van der Waals surface area contributed by atoms with Crippen molar-refractivity contribution in [1.29, 1.82) is 5.26 Å². The number of benzene rings is 1. The summed E-state index contributed by atoms with van der Waals surface area (Å²) in [5, 5.41) is 16.5. The fourth-order valence-corrected chi connectivity index (χ4v) is 3.89. The Kier molecular flexibility index (Phi) is 5.58. The van der Waals surface area contributed by atoms with Crippen LogP contribution >= 0.6 is 27.3 Å². The van der Waals surface area contributed by atoms with Crippen molar-refractivity contribution in [3.05, 3.63) is 49.7 Å². The van der Waals surface area contributed by atoms with Gasteiger partial charge in [0.25, 0.3) is 5.56 Å². The Bertz CT molecular complexity index is 1190. The quantitative estimate of drug-likeness (QED) is 0.597. The first kappa shape index (κ1) is 19.7. The zero-order valence-electron chi connectivity index (χ0n) is 14.8. The Hall–Kier alpha value is -3.03. The average molecular weight is 461 g/mol. The van der Waals surface area contributed by atoms with Crippen LogP contribution in [-0.2, 0) is 9.53 Å². The fourth-order valence-electron chi connectivity index (χ4n) is 2.59. The number of amides is 1. The van der Waals surface area contributed by atoms with E-state index in [-0.39, 0.29) is 33.0 Å². The van der Waals surface area contributed by atoms with E-state index < -0.39 is 17.4 Å². The number of carbonyl (C=O) groups excluding carboxylic acids is 2. The number of carbonyl (C=O) groups is 2. The lowest BCUT2D eigenvalue weighted by Gasteiger charge is -2.10. The Labute approximate surface area is 171 Å². The summed E-state index contributed by atoms with van der Waals surface area (Å²) in [4.78, 5) is 37.3. The number of nitrogens with zero attached hydrogens (tertiary/aromatic N) is 3. The number of anilines is 1. The molecule has 3 rings (SSSR count). The van der Waals surface area contributed by atoms with E-state index in [1.54, 1.807) is 31.2 Å². The molecular formula is C18H13BrN4O4S. The summed E-state index contributed by atoms with van der Waals surface area (Å²) in [7, 11) is 0. The number of rotatable bonds is 4. The van der Waals surface area contributed by atoms with Crippen molar-refractivity contribution < 1.29 is 14.3 Å². The van der Waals surface area contributed by atoms with E-state index in [0.29, 0.717) is 5.69 Å². The Morgan fingerprint density at radius 1 is 1.32 bits per heavy atom. The normalized spacial score (nSPS) is 10.5. The number of thiophene rings is 1. The molecule has 1 amide bonds. The van der Waals surface area contributed by atoms with Crippen molar-refractivity contribution in [1.82, 2.24) is 9.78 Å². The van der Waals surface area contributed by atoms with E-state index in [1.165, 1.54) is 6.92 Å². The van der Waals surface area contributed by atoms with Crippen LogP contribution in [0.3, 0.4) is 0 Å². The zero-order chi connectivity index (χ0) is 20.4. The molecule has 2 heterocycles. The summed E-state index contributed by atoms with van der Waals surface area (Å²) in [5.74, 6) is -1.17. The maximum atomic E-state index is 13.2. The zero-order valence-corrected chi connectivity index (χ0v) is 17.2. The van der Waals surface area contributed by atoms with Crippen molar-refractivity contribution in [2.45, 2.75) is 13.8 Å². The number of nitrogens with one attached hydrogen (secondary N) is 1. The van der Waals surface area contributed by atoms with Crippen molar-refractivity contribution in [2.75, 3.05) is 11.9 Å². The molecule has 0 aliphatic rings. The molecule has 0 aliphatic heterocycles. The summed E-state index contributed by atoms with van der Waals surface area (Å²) in [6.07, 6.45) is 0. The lowest BCUT2D eigenvalue weighted by Crippen LogP contribution is -2.25. The van der Waals surface area contributed by atoms with Gasteiger partial charge in [-0.2, -0.15) is 15.0 Å². The molecule has 0 aliphatic carbocycles. The largest absolute Gasteiger partial charge is 0.461 e. The number of nitriles is 1. The van der Waals surface area contributed by atoms with Gasteiger partial charge in [0.15, 0.2) is 5.69 Å². The molecule has 0 unspecified atom stereocenters. The van der Waals surface area contributed by atoms with Crippen LogP contribution in [0.2, 0.25) is 0 Å². The molecule has 8 nitrogen and oxygen atoms in total. The van der Waals surface area contributed by atoms with Crippen molar-refractivity contribution in [3.8, 4) is 11.8 Å². The van der Waals surface area contributed by atoms with Crippen LogP contribution in [0, 0.1) is 11.3 Å². The van der Waals surface area contributed by atoms with Gasteiger partial charge < -0.3 is 10.1 Å². The van der Waals surface area contributed by atoms with Crippen molar-refractivity contribution in [2.24, 2.45) is 0 Å². The molecule has 2 aromatic heterocycles. The molecule has 3 aromatic rings. The third kappa shape index (κ3) is 3.54. The molecule has 0 saturated heterocycles. The Morgan fingerprint density at radius 3 is 2.57 bits per heavy atom. The van der Waals surface area contributed by atoms with Gasteiger partial charge in [-0.25, -0.2) is 4.79 Å². The predicted octanol–water partition coefficient (Wildman–Crippen LogP) is 3.22. The Morgan fingerprint density at radius 2 is 2.00 bits per heavy atom. The maximum Gasteiger partial charge on any atom is 0.359 e. The number of fused-ring (bicyclic) bond motifs is 1. The summed E-state index contributed by atoms with van der Waals surface area (Å²) < 4.78 is 6.92. The first-order valence-corrected chi connectivity index (χ1v) is 9.68. The summed E-state index contributed by atoms with van der Waals surface area (Å²) in [5.41, 5.74) is -0.310. The van der Waals surface area contributed by atoms with Crippen molar-refractivity contribution in [3.63, 3.8) is 0 Å². The number of aromatic nitrogens is 2. The molecule has 142 valence electrons. The summed E-state index contributed by atoms with van der Waals surface area (Å²) in [6, 6.07) is 8.70. The van der Waals surface area contributed by atoms with E-state index >= 15 is 0 Å². The van der Waals surface area contributed by atoms with E-state index in [9.17, 15) is 19.6 Å². The van der Waals surface area contributed by atoms with Crippen LogP contribution in [0.4, 0.5) is 5.00 Å². The number of hydrogen-bond acceptors (Lipinski definition) is 7. The van der Waals surface area contributed by atoms with Gasteiger partial charge in [-0.1, -0.05) is 15.9 Å². The molecule has 10 heteroatoms. The average Bonchev–Trinajstić information content (AvgIpc) is 3.01. The fraction of sp³-hybridized carbons (Fsp3) is 0.167. The van der Waals surface area contributed by atoms with Gasteiger partial charge in [-0.15, -0.1) is 11.3 Å². The van der Waals surface area contributed by atoms with Crippen LogP contribution in [0.15, 0.2) is 33.5 Å². The van der Waals surface area contributed by atoms with Gasteiger partial charge in [0, 0.05) is 11.4 Å². The minimum atomic E-state index is -0.762. The summed E-state index contributed by atoms with van der Waals surface area (Å²) >= 11 is 4.23. The third-order valence-corrected chi connectivity index (χ3v) is 5.22. The molecule has 0 atom stereocenters. The molecule has 0 fully saturated rings. The lowest BCUT2D eigenvalue weighted by molar-refractivity contribution is -0.114. The molecule has 0 bridgehead atoms. The molecule has 0 radical (unpaired) electrons. The second-order valence-corrected chi connectivity index (χ2v) is 7.50. The first-order chi connectivity index (χ1) is 13.4. The highest BCUT2D eigenvalue weighted by Crippen LogP contribution is 2.35. The monoisotopic (exact) mass is 460 g/mol. The van der Waals surface area contributed by atoms with E-state index in [2.05, 4.69) is 26.3 Å². The number of halogens is 1. The number of ether oxygens (including phenoxy) is 1. The lowest BCUT2D eigenvalue weighted by atomic mass is 10.1. The minimum absolute atomic E-state index is 0.0396. The highest BCUT2D eigenvalue weighted by molar-refractivity contribution is 9.10. The van der Waals surface area contributed by atoms with Gasteiger partial charge in [-0.3, -0.25) is 9.59 Å². The van der Waals surface area contributed by atoms with E-state index in [4.69, 9.17) is 4.74 Å². The second kappa shape index (κ2) is 7.92. The van der Waals surface area contributed by atoms with Gasteiger partial charge >= 0.3 is 5.97 Å². The highest BCUT2D eigenvalue weighted by atomic mass is 79.9. The smallest absolute Gasteiger partial charge is 0.359 e. The van der Waals surface area contributed by atoms with Crippen LogP contribution in [0.1, 0.15) is 29.2 Å². The van der Waals surface area contributed by atoms with Crippen LogP contribution in [0.5, 0.6) is 0 Å². The van der Waals surface area contributed by atoms with E-state index in [0.717, 1.165) is 20.5 Å². The summed E-state index contributed by atoms with van der Waals surface area (Å²) in [6.45, 7) is 3.03. The minimum Gasteiger partial charge on any atom is -0.461 e. The highest BCUT2D eigenvalue weighted by Gasteiger charge is 2.26. The van der Waals surface area contributed by atoms with E-state index in [1.807, 2.05) is 6.07 Å². The maximum absolute atomic E-state index is 13.2. The van der Waals surface area contributed by atoms with Gasteiger partial charge in [0.05, 0.1) is 23.1 Å². The molecule has 0 spiro atoms. The molecule has 1 N–H and O–H groups in total. The van der Waals surface area contributed by atoms with Gasteiger partial charge in [-0.05, 0) is 31.2 Å². The standard InChI is InChI=1S/C18H13BrN4O4S/c1-3-27-18(26)15-13-12(8-20)28-16(21-9(2)24)14(13)17(25)23(22-15)11-6-4-10(19)5-7-11/h4-7H,3H2,1-2H3,(H,21,24). The molecular weight excluding hydrogens is 448 g/mol. The molecule has 28 heavy (non-hydrogen) atoms.